The molecular formula is C9H14N4O. The van der Waals surface area contributed by atoms with Crippen LogP contribution in [0.1, 0.15) is 0 Å². The van der Waals surface area contributed by atoms with Gasteiger partial charge in [0.2, 0.25) is 5.91 Å². The standard InChI is InChI=1S/C9H14N4O/c14-8-5-10-9(11-8)7-6-12-1-3-13(7)4-2-12/h7H,1-6H2,(H,10,11,14). The number of carbonyl (C=O) groups excluding carboxylic acids is 1. The van der Waals surface area contributed by atoms with E-state index in [1.807, 2.05) is 0 Å². The van der Waals surface area contributed by atoms with Crippen LogP contribution in [0, 0.1) is 0 Å². The predicted molar refractivity (Wildman–Crippen MR) is 52.2 cm³/mol. The largest absolute Gasteiger partial charge is 0.312 e. The van der Waals surface area contributed by atoms with E-state index in [0.29, 0.717) is 12.6 Å². The summed E-state index contributed by atoms with van der Waals surface area (Å²) in [7, 11) is 0. The van der Waals surface area contributed by atoms with Gasteiger partial charge in [-0.25, -0.2) is 0 Å². The minimum absolute atomic E-state index is 0.0395. The Morgan fingerprint density at radius 1 is 1.29 bits per heavy atom. The number of nitrogens with one attached hydrogen (secondary N) is 1. The van der Waals surface area contributed by atoms with Gasteiger partial charge in [-0.1, -0.05) is 0 Å². The molecule has 0 radical (unpaired) electrons. The van der Waals surface area contributed by atoms with E-state index in [0.717, 1.165) is 38.6 Å². The van der Waals surface area contributed by atoms with Crippen molar-refractivity contribution in [1.29, 1.82) is 0 Å². The second-order valence-corrected chi connectivity index (χ2v) is 4.10. The van der Waals surface area contributed by atoms with Crippen LogP contribution in [0.15, 0.2) is 4.99 Å². The number of amides is 1. The van der Waals surface area contributed by atoms with Crippen LogP contribution >= 0.6 is 0 Å². The van der Waals surface area contributed by atoms with Gasteiger partial charge in [0.05, 0.1) is 6.04 Å². The topological polar surface area (TPSA) is 47.9 Å². The summed E-state index contributed by atoms with van der Waals surface area (Å²) in [5.74, 6) is 0.928. The van der Waals surface area contributed by atoms with Crippen molar-refractivity contribution in [1.82, 2.24) is 15.1 Å². The molecule has 1 unspecified atom stereocenters. The summed E-state index contributed by atoms with van der Waals surface area (Å²) in [6.45, 7) is 5.90. The van der Waals surface area contributed by atoms with Gasteiger partial charge in [-0.15, -0.1) is 0 Å². The number of nitrogens with zero attached hydrogens (tertiary/aromatic N) is 3. The predicted octanol–water partition coefficient (Wildman–Crippen LogP) is -1.49. The van der Waals surface area contributed by atoms with E-state index < -0.39 is 0 Å². The number of amidine groups is 1. The molecule has 0 aromatic rings. The molecule has 0 aliphatic carbocycles. The maximum Gasteiger partial charge on any atom is 0.247 e. The highest BCUT2D eigenvalue weighted by Gasteiger charge is 2.36. The van der Waals surface area contributed by atoms with Gasteiger partial charge in [-0.3, -0.25) is 19.6 Å². The average Bonchev–Trinajstić information content (AvgIpc) is 2.66. The lowest BCUT2D eigenvalue weighted by atomic mass is 10.1. The van der Waals surface area contributed by atoms with Gasteiger partial charge in [0.25, 0.3) is 0 Å². The molecule has 14 heavy (non-hydrogen) atoms. The highest BCUT2D eigenvalue weighted by molar-refractivity contribution is 6.06. The summed E-state index contributed by atoms with van der Waals surface area (Å²) in [5, 5.41) is 2.85. The Bertz CT molecular complexity index is 293. The average molecular weight is 194 g/mol. The Morgan fingerprint density at radius 3 is 2.57 bits per heavy atom. The minimum atomic E-state index is 0.0395. The van der Waals surface area contributed by atoms with Crippen molar-refractivity contribution in [2.75, 3.05) is 39.3 Å². The Morgan fingerprint density at radius 2 is 2.07 bits per heavy atom. The van der Waals surface area contributed by atoms with Crippen molar-refractivity contribution < 1.29 is 4.79 Å². The van der Waals surface area contributed by atoms with E-state index >= 15 is 0 Å². The number of piperazine rings is 3. The van der Waals surface area contributed by atoms with Crippen molar-refractivity contribution in [3.8, 4) is 0 Å². The second-order valence-electron chi connectivity index (χ2n) is 4.10. The van der Waals surface area contributed by atoms with Gasteiger partial charge < -0.3 is 5.32 Å². The number of hydrogen-bond acceptors (Lipinski definition) is 4. The molecule has 1 atom stereocenters. The number of hydrogen-bond donors (Lipinski definition) is 1. The van der Waals surface area contributed by atoms with Crippen molar-refractivity contribution in [3.05, 3.63) is 0 Å². The molecule has 5 nitrogen and oxygen atoms in total. The summed E-state index contributed by atoms with van der Waals surface area (Å²) >= 11 is 0. The number of carbonyl (C=O) groups is 1. The van der Waals surface area contributed by atoms with E-state index in [9.17, 15) is 4.79 Å². The van der Waals surface area contributed by atoms with E-state index in [1.54, 1.807) is 0 Å². The molecule has 3 saturated heterocycles. The lowest BCUT2D eigenvalue weighted by Crippen LogP contribution is -2.64. The van der Waals surface area contributed by atoms with Gasteiger partial charge in [0, 0.05) is 32.7 Å². The molecule has 1 N–H and O–H groups in total. The van der Waals surface area contributed by atoms with Gasteiger partial charge >= 0.3 is 0 Å². The SMILES string of the molecule is O=C1CN=C(C2CN3CCN2CC3)N1. The fraction of sp³-hybridized carbons (Fsp3) is 0.778. The van der Waals surface area contributed by atoms with Crippen LogP contribution in [0.3, 0.4) is 0 Å². The van der Waals surface area contributed by atoms with Crippen LogP contribution in [-0.2, 0) is 4.79 Å². The Hall–Kier alpha value is -0.940. The third-order valence-corrected chi connectivity index (χ3v) is 3.25. The summed E-state index contributed by atoms with van der Waals surface area (Å²) in [6, 6.07) is 0.337. The minimum Gasteiger partial charge on any atom is -0.312 e. The zero-order valence-corrected chi connectivity index (χ0v) is 8.07. The van der Waals surface area contributed by atoms with Crippen molar-refractivity contribution in [3.63, 3.8) is 0 Å². The summed E-state index contributed by atoms with van der Waals surface area (Å²) in [6.07, 6.45) is 0. The maximum atomic E-state index is 11.0. The first-order valence-corrected chi connectivity index (χ1v) is 5.13. The molecule has 76 valence electrons. The molecule has 3 fully saturated rings. The molecule has 0 aromatic carbocycles. The molecular weight excluding hydrogens is 180 g/mol. The van der Waals surface area contributed by atoms with Crippen LogP contribution in [0.5, 0.6) is 0 Å². The first-order valence-electron chi connectivity index (χ1n) is 5.13. The van der Waals surface area contributed by atoms with E-state index in [1.165, 1.54) is 0 Å². The first kappa shape index (κ1) is 8.38. The van der Waals surface area contributed by atoms with Crippen molar-refractivity contribution >= 4 is 11.7 Å². The van der Waals surface area contributed by atoms with E-state index in [2.05, 4.69) is 20.1 Å². The van der Waals surface area contributed by atoms with E-state index in [4.69, 9.17) is 0 Å². The normalized spacial score (nSPS) is 41.0. The monoisotopic (exact) mass is 194 g/mol. The maximum absolute atomic E-state index is 11.0. The number of rotatable bonds is 1. The Labute approximate surface area is 82.8 Å². The molecule has 1 amide bonds. The third-order valence-electron chi connectivity index (χ3n) is 3.25. The lowest BCUT2D eigenvalue weighted by molar-refractivity contribution is -0.117. The summed E-state index contributed by atoms with van der Waals surface area (Å²) < 4.78 is 0. The quantitative estimate of drug-likeness (QED) is 0.553. The van der Waals surface area contributed by atoms with Crippen LogP contribution in [0.4, 0.5) is 0 Å². The van der Waals surface area contributed by atoms with Crippen LogP contribution in [-0.4, -0.2) is 66.9 Å². The lowest BCUT2D eigenvalue weighted by Gasteiger charge is -2.47. The highest BCUT2D eigenvalue weighted by atomic mass is 16.2. The van der Waals surface area contributed by atoms with Crippen molar-refractivity contribution in [2.24, 2.45) is 4.99 Å². The molecule has 4 aliphatic heterocycles. The number of fused-ring (bicyclic) bond motifs is 3. The summed E-state index contributed by atoms with van der Waals surface area (Å²) in [4.78, 5) is 20.2. The fourth-order valence-electron chi connectivity index (χ4n) is 2.44. The Kier molecular flexibility index (Phi) is 1.81. The van der Waals surface area contributed by atoms with Crippen LogP contribution < -0.4 is 5.32 Å². The number of aliphatic imine (C=N–C) groups is 1. The van der Waals surface area contributed by atoms with Crippen LogP contribution in [0.2, 0.25) is 0 Å². The third kappa shape index (κ3) is 1.24. The van der Waals surface area contributed by atoms with Gasteiger partial charge in [0.1, 0.15) is 12.4 Å². The molecule has 4 rings (SSSR count). The van der Waals surface area contributed by atoms with Gasteiger partial charge in [-0.2, -0.15) is 0 Å². The fourth-order valence-corrected chi connectivity index (χ4v) is 2.44. The zero-order chi connectivity index (χ0) is 9.54. The second kappa shape index (κ2) is 3.03. The Balaban J connectivity index is 1.76. The first-order chi connectivity index (χ1) is 6.83. The molecule has 0 saturated carbocycles. The van der Waals surface area contributed by atoms with E-state index in [-0.39, 0.29) is 5.91 Å². The molecule has 4 heterocycles. The molecule has 0 aromatic heterocycles. The molecule has 2 bridgehead atoms. The zero-order valence-electron chi connectivity index (χ0n) is 8.07. The van der Waals surface area contributed by atoms with Gasteiger partial charge in [0.15, 0.2) is 0 Å². The molecule has 5 heteroatoms. The van der Waals surface area contributed by atoms with Crippen molar-refractivity contribution in [2.45, 2.75) is 6.04 Å². The molecule has 4 aliphatic rings. The van der Waals surface area contributed by atoms with Crippen LogP contribution in [0.25, 0.3) is 0 Å². The highest BCUT2D eigenvalue weighted by Crippen LogP contribution is 2.16. The van der Waals surface area contributed by atoms with Gasteiger partial charge in [-0.05, 0) is 0 Å². The molecule has 0 spiro atoms. The summed E-state index contributed by atoms with van der Waals surface area (Å²) in [5.41, 5.74) is 0. The smallest absolute Gasteiger partial charge is 0.247 e.